The quantitative estimate of drug-likeness (QED) is 0.761. The number of carbonyl (C=O) groups is 1. The van der Waals surface area contributed by atoms with Gasteiger partial charge in [-0.1, -0.05) is 56.5 Å². The molecule has 0 aliphatic carbocycles. The molecule has 0 radical (unpaired) electrons. The van der Waals surface area contributed by atoms with Crippen molar-refractivity contribution in [2.24, 2.45) is 5.92 Å². The standard InChI is InChI=1S/C20H26ClN3O2/c1-14(2)7-6-8-15(3)22-19(25)13-24-20(26)12-11-18(23-24)16-9-4-5-10-17(16)21/h4-5,9-12,14-15H,6-8,13H2,1-3H3,(H,22,25)/t15-/m0/s1. The molecule has 0 fully saturated rings. The highest BCUT2D eigenvalue weighted by molar-refractivity contribution is 6.33. The Labute approximate surface area is 159 Å². The Morgan fingerprint density at radius 2 is 1.88 bits per heavy atom. The maximum atomic E-state index is 12.2. The maximum absolute atomic E-state index is 12.2. The first kappa shape index (κ1) is 20.2. The Balaban J connectivity index is 2.03. The molecule has 2 aromatic rings. The zero-order valence-corrected chi connectivity index (χ0v) is 16.3. The molecule has 26 heavy (non-hydrogen) atoms. The molecule has 1 aromatic carbocycles. The van der Waals surface area contributed by atoms with E-state index in [1.807, 2.05) is 25.1 Å². The second kappa shape index (κ2) is 9.53. The molecule has 1 amide bonds. The van der Waals surface area contributed by atoms with Gasteiger partial charge < -0.3 is 5.32 Å². The molecule has 0 saturated heterocycles. The van der Waals surface area contributed by atoms with Gasteiger partial charge in [0.05, 0.1) is 10.7 Å². The summed E-state index contributed by atoms with van der Waals surface area (Å²) >= 11 is 6.19. The first-order valence-electron chi connectivity index (χ1n) is 8.99. The minimum absolute atomic E-state index is 0.0729. The molecular weight excluding hydrogens is 350 g/mol. The molecule has 0 bridgehead atoms. The monoisotopic (exact) mass is 375 g/mol. The SMILES string of the molecule is CC(C)CCC[C@H](C)NC(=O)Cn1nc(-c2ccccc2Cl)ccc1=O. The van der Waals surface area contributed by atoms with Crippen molar-refractivity contribution in [3.05, 3.63) is 51.8 Å². The number of nitrogens with one attached hydrogen (secondary N) is 1. The van der Waals surface area contributed by atoms with Crippen LogP contribution in [0.2, 0.25) is 5.02 Å². The summed E-state index contributed by atoms with van der Waals surface area (Å²) in [5, 5.41) is 7.78. The number of carbonyl (C=O) groups excluding carboxylic acids is 1. The summed E-state index contributed by atoms with van der Waals surface area (Å²) in [5.74, 6) is 0.446. The number of benzene rings is 1. The highest BCUT2D eigenvalue weighted by atomic mass is 35.5. The summed E-state index contributed by atoms with van der Waals surface area (Å²) in [6, 6.07) is 10.4. The zero-order chi connectivity index (χ0) is 19.1. The maximum Gasteiger partial charge on any atom is 0.267 e. The van der Waals surface area contributed by atoms with Gasteiger partial charge in [-0.05, 0) is 31.4 Å². The van der Waals surface area contributed by atoms with Gasteiger partial charge in [0.1, 0.15) is 6.54 Å². The smallest absolute Gasteiger partial charge is 0.267 e. The number of amides is 1. The minimum Gasteiger partial charge on any atom is -0.352 e. The van der Waals surface area contributed by atoms with Crippen molar-refractivity contribution in [3.8, 4) is 11.3 Å². The third-order valence-electron chi connectivity index (χ3n) is 4.14. The third-order valence-corrected chi connectivity index (χ3v) is 4.47. The molecule has 6 heteroatoms. The average molecular weight is 376 g/mol. The third kappa shape index (κ3) is 5.99. The fraction of sp³-hybridized carbons (Fsp3) is 0.450. The normalized spacial score (nSPS) is 12.2. The van der Waals surface area contributed by atoms with Gasteiger partial charge in [-0.25, -0.2) is 4.68 Å². The first-order valence-corrected chi connectivity index (χ1v) is 9.37. The lowest BCUT2D eigenvalue weighted by Gasteiger charge is -2.15. The van der Waals surface area contributed by atoms with Crippen molar-refractivity contribution in [3.63, 3.8) is 0 Å². The van der Waals surface area contributed by atoms with E-state index in [2.05, 4.69) is 24.3 Å². The summed E-state index contributed by atoms with van der Waals surface area (Å²) in [5.41, 5.74) is 0.974. The Hall–Kier alpha value is -2.14. The van der Waals surface area contributed by atoms with Gasteiger partial charge in [0.25, 0.3) is 5.56 Å². The summed E-state index contributed by atoms with van der Waals surface area (Å²) in [6.07, 6.45) is 3.13. The molecule has 0 saturated carbocycles. The number of rotatable bonds is 8. The predicted octanol–water partition coefficient (Wildman–Crippen LogP) is 3.89. The number of nitrogens with zero attached hydrogens (tertiary/aromatic N) is 2. The molecule has 0 spiro atoms. The van der Waals surface area contributed by atoms with Crippen molar-refractivity contribution >= 4 is 17.5 Å². The molecule has 5 nitrogen and oxygen atoms in total. The fourth-order valence-corrected chi connectivity index (χ4v) is 2.97. The van der Waals surface area contributed by atoms with Gasteiger partial charge in [-0.15, -0.1) is 0 Å². The molecule has 1 N–H and O–H groups in total. The van der Waals surface area contributed by atoms with Gasteiger partial charge >= 0.3 is 0 Å². The molecule has 1 aromatic heterocycles. The summed E-state index contributed by atoms with van der Waals surface area (Å²) in [4.78, 5) is 24.3. The van der Waals surface area contributed by atoms with Crippen LogP contribution in [0.5, 0.6) is 0 Å². The Morgan fingerprint density at radius 1 is 1.15 bits per heavy atom. The van der Waals surface area contributed by atoms with Crippen molar-refractivity contribution in [2.45, 2.75) is 52.6 Å². The average Bonchev–Trinajstić information content (AvgIpc) is 2.57. The van der Waals surface area contributed by atoms with E-state index in [0.29, 0.717) is 16.6 Å². The van der Waals surface area contributed by atoms with Crippen LogP contribution in [0.1, 0.15) is 40.0 Å². The molecule has 0 aliphatic heterocycles. The van der Waals surface area contributed by atoms with Crippen LogP contribution in [0.3, 0.4) is 0 Å². The Kier molecular flexibility index (Phi) is 7.39. The predicted molar refractivity (Wildman–Crippen MR) is 105 cm³/mol. The van der Waals surface area contributed by atoms with Crippen LogP contribution in [0.15, 0.2) is 41.2 Å². The van der Waals surface area contributed by atoms with Crippen LogP contribution in [-0.4, -0.2) is 21.7 Å². The molecule has 2 rings (SSSR count). The van der Waals surface area contributed by atoms with Crippen LogP contribution in [0.4, 0.5) is 0 Å². The van der Waals surface area contributed by atoms with Crippen LogP contribution in [-0.2, 0) is 11.3 Å². The Morgan fingerprint density at radius 3 is 2.58 bits per heavy atom. The molecule has 0 unspecified atom stereocenters. The first-order chi connectivity index (χ1) is 12.4. The van der Waals surface area contributed by atoms with Crippen LogP contribution < -0.4 is 10.9 Å². The van der Waals surface area contributed by atoms with Gasteiger partial charge in [0.15, 0.2) is 0 Å². The van der Waals surface area contributed by atoms with Crippen molar-refractivity contribution in [2.75, 3.05) is 0 Å². The summed E-state index contributed by atoms with van der Waals surface area (Å²) in [7, 11) is 0. The minimum atomic E-state index is -0.316. The van der Waals surface area contributed by atoms with Crippen molar-refractivity contribution in [1.82, 2.24) is 15.1 Å². The zero-order valence-electron chi connectivity index (χ0n) is 15.5. The molecule has 1 atom stereocenters. The number of hydrogen-bond donors (Lipinski definition) is 1. The molecule has 1 heterocycles. The number of aromatic nitrogens is 2. The van der Waals surface area contributed by atoms with E-state index in [-0.39, 0.29) is 24.1 Å². The van der Waals surface area contributed by atoms with E-state index in [1.54, 1.807) is 12.1 Å². The van der Waals surface area contributed by atoms with Crippen LogP contribution >= 0.6 is 11.6 Å². The summed E-state index contributed by atoms with van der Waals surface area (Å²) < 4.78 is 1.18. The highest BCUT2D eigenvalue weighted by Gasteiger charge is 2.12. The van der Waals surface area contributed by atoms with E-state index >= 15 is 0 Å². The van der Waals surface area contributed by atoms with E-state index in [1.165, 1.54) is 10.7 Å². The van der Waals surface area contributed by atoms with Crippen LogP contribution in [0.25, 0.3) is 11.3 Å². The topological polar surface area (TPSA) is 64.0 Å². The lowest BCUT2D eigenvalue weighted by Crippen LogP contribution is -2.38. The molecule has 0 aliphatic rings. The van der Waals surface area contributed by atoms with Crippen LogP contribution in [0, 0.1) is 5.92 Å². The van der Waals surface area contributed by atoms with E-state index in [0.717, 1.165) is 24.8 Å². The van der Waals surface area contributed by atoms with E-state index < -0.39 is 0 Å². The van der Waals surface area contributed by atoms with E-state index in [9.17, 15) is 9.59 Å². The van der Waals surface area contributed by atoms with Crippen molar-refractivity contribution < 1.29 is 4.79 Å². The fourth-order valence-electron chi connectivity index (χ4n) is 2.74. The van der Waals surface area contributed by atoms with Gasteiger partial charge in [-0.3, -0.25) is 9.59 Å². The second-order valence-electron chi connectivity index (χ2n) is 6.99. The van der Waals surface area contributed by atoms with Crippen molar-refractivity contribution in [1.29, 1.82) is 0 Å². The summed E-state index contributed by atoms with van der Waals surface area (Å²) in [6.45, 7) is 6.25. The van der Waals surface area contributed by atoms with Gasteiger partial charge in [0.2, 0.25) is 5.91 Å². The van der Waals surface area contributed by atoms with Gasteiger partial charge in [-0.2, -0.15) is 5.10 Å². The largest absolute Gasteiger partial charge is 0.352 e. The number of halogens is 1. The highest BCUT2D eigenvalue weighted by Crippen LogP contribution is 2.24. The molecular formula is C20H26ClN3O2. The second-order valence-corrected chi connectivity index (χ2v) is 7.39. The number of hydrogen-bond acceptors (Lipinski definition) is 3. The lowest BCUT2D eigenvalue weighted by atomic mass is 10.0. The lowest BCUT2D eigenvalue weighted by molar-refractivity contribution is -0.122. The van der Waals surface area contributed by atoms with Gasteiger partial charge in [0, 0.05) is 17.7 Å². The molecule has 140 valence electrons. The van der Waals surface area contributed by atoms with E-state index in [4.69, 9.17) is 11.6 Å². The Bertz CT molecular complexity index is 802.